The summed E-state index contributed by atoms with van der Waals surface area (Å²) < 4.78 is 47.4. The molecule has 2 unspecified atom stereocenters. The minimum atomic E-state index is -4.61. The van der Waals surface area contributed by atoms with E-state index in [2.05, 4.69) is 4.74 Å². The summed E-state index contributed by atoms with van der Waals surface area (Å²) in [6.45, 7) is -1.65. The average Bonchev–Trinajstić information content (AvgIpc) is 2.55. The van der Waals surface area contributed by atoms with Crippen LogP contribution in [-0.4, -0.2) is 47.2 Å². The SMILES string of the molecule is O=C(CCC(=O)C(=O)O)OC12CC3CC(C1)CC(C(=O)OCC(F)(F)F)(C3)C2. The normalized spacial score (nSPS) is 33.4. The molecule has 28 heavy (non-hydrogen) atoms. The van der Waals surface area contributed by atoms with Crippen molar-refractivity contribution in [3.05, 3.63) is 0 Å². The Bertz CT molecular complexity index is 686. The molecule has 0 amide bonds. The van der Waals surface area contributed by atoms with Gasteiger partial charge in [0, 0.05) is 12.8 Å². The number of Topliss-reactive ketones (excluding diaryl/α,β-unsaturated/α-hetero) is 1. The van der Waals surface area contributed by atoms with Crippen LogP contribution in [-0.2, 0) is 28.7 Å². The number of ether oxygens (including phenoxy) is 2. The summed E-state index contributed by atoms with van der Waals surface area (Å²) in [6, 6.07) is 0. The van der Waals surface area contributed by atoms with E-state index in [-0.39, 0.29) is 18.3 Å². The van der Waals surface area contributed by atoms with E-state index >= 15 is 0 Å². The van der Waals surface area contributed by atoms with Crippen molar-refractivity contribution in [1.82, 2.24) is 0 Å². The average molecular weight is 406 g/mol. The number of hydrogen-bond acceptors (Lipinski definition) is 6. The first kappa shape index (κ1) is 20.6. The van der Waals surface area contributed by atoms with Crippen molar-refractivity contribution in [1.29, 1.82) is 0 Å². The highest BCUT2D eigenvalue weighted by Gasteiger charge is 2.63. The van der Waals surface area contributed by atoms with E-state index in [4.69, 9.17) is 9.84 Å². The maximum atomic E-state index is 12.5. The lowest BCUT2D eigenvalue weighted by atomic mass is 9.48. The second kappa shape index (κ2) is 7.04. The maximum Gasteiger partial charge on any atom is 0.422 e. The molecule has 1 N–H and O–H groups in total. The predicted octanol–water partition coefficient (Wildman–Crippen LogP) is 2.41. The van der Waals surface area contributed by atoms with Crippen LogP contribution >= 0.6 is 0 Å². The Morgan fingerprint density at radius 1 is 1.00 bits per heavy atom. The molecule has 0 aromatic heterocycles. The third kappa shape index (κ3) is 4.30. The number of hydrogen-bond donors (Lipinski definition) is 1. The molecule has 2 atom stereocenters. The van der Waals surface area contributed by atoms with Crippen LogP contribution in [0.25, 0.3) is 0 Å². The minimum absolute atomic E-state index is 0.0492. The van der Waals surface area contributed by atoms with E-state index in [0.29, 0.717) is 25.7 Å². The molecule has 4 bridgehead atoms. The highest BCUT2D eigenvalue weighted by Crippen LogP contribution is 2.63. The van der Waals surface area contributed by atoms with Crippen LogP contribution < -0.4 is 0 Å². The zero-order valence-electron chi connectivity index (χ0n) is 15.0. The van der Waals surface area contributed by atoms with Crippen molar-refractivity contribution in [2.75, 3.05) is 6.61 Å². The van der Waals surface area contributed by atoms with Gasteiger partial charge in [0.1, 0.15) is 5.60 Å². The van der Waals surface area contributed by atoms with Crippen LogP contribution in [0.4, 0.5) is 13.2 Å². The van der Waals surface area contributed by atoms with Gasteiger partial charge in [0.25, 0.3) is 0 Å². The Morgan fingerprint density at radius 3 is 2.14 bits per heavy atom. The molecule has 0 saturated heterocycles. The third-order valence-corrected chi connectivity index (χ3v) is 5.93. The number of esters is 2. The summed E-state index contributed by atoms with van der Waals surface area (Å²) in [7, 11) is 0. The van der Waals surface area contributed by atoms with Gasteiger partial charge in [-0.1, -0.05) is 0 Å². The van der Waals surface area contributed by atoms with Crippen molar-refractivity contribution >= 4 is 23.7 Å². The number of ketones is 1. The minimum Gasteiger partial charge on any atom is -0.476 e. The Morgan fingerprint density at radius 2 is 1.61 bits per heavy atom. The predicted molar refractivity (Wildman–Crippen MR) is 84.8 cm³/mol. The Kier molecular flexibility index (Phi) is 5.18. The van der Waals surface area contributed by atoms with Crippen molar-refractivity contribution in [3.63, 3.8) is 0 Å². The smallest absolute Gasteiger partial charge is 0.422 e. The molecule has 0 aliphatic heterocycles. The van der Waals surface area contributed by atoms with Gasteiger partial charge in [-0.25, -0.2) is 4.79 Å². The Balaban J connectivity index is 1.67. The summed E-state index contributed by atoms with van der Waals surface area (Å²) in [4.78, 5) is 46.3. The highest BCUT2D eigenvalue weighted by molar-refractivity contribution is 6.32. The van der Waals surface area contributed by atoms with Gasteiger partial charge in [-0.15, -0.1) is 0 Å². The number of alkyl halides is 3. The third-order valence-electron chi connectivity index (χ3n) is 5.93. The number of carbonyl (C=O) groups is 4. The first-order chi connectivity index (χ1) is 12.9. The van der Waals surface area contributed by atoms with Crippen molar-refractivity contribution in [3.8, 4) is 0 Å². The van der Waals surface area contributed by atoms with Crippen molar-refractivity contribution in [2.24, 2.45) is 17.3 Å². The van der Waals surface area contributed by atoms with E-state index < -0.39 is 60.3 Å². The van der Waals surface area contributed by atoms with Crippen LogP contribution in [0.15, 0.2) is 0 Å². The molecule has 4 saturated carbocycles. The molecule has 0 spiro atoms. The van der Waals surface area contributed by atoms with Crippen LogP contribution in [0.1, 0.15) is 51.4 Å². The van der Waals surface area contributed by atoms with Crippen LogP contribution in [0.5, 0.6) is 0 Å². The molecule has 4 fully saturated rings. The summed E-state index contributed by atoms with van der Waals surface area (Å²) in [5, 5.41) is 8.57. The van der Waals surface area contributed by atoms with E-state index in [9.17, 15) is 32.3 Å². The quantitative estimate of drug-likeness (QED) is 0.511. The monoisotopic (exact) mass is 406 g/mol. The first-order valence-corrected chi connectivity index (χ1v) is 9.14. The highest BCUT2D eigenvalue weighted by atomic mass is 19.4. The molecular weight excluding hydrogens is 385 g/mol. The lowest BCUT2D eigenvalue weighted by Crippen LogP contribution is -2.60. The molecule has 7 nitrogen and oxygen atoms in total. The fourth-order valence-electron chi connectivity index (χ4n) is 5.45. The second-order valence-electron chi connectivity index (χ2n) is 8.32. The van der Waals surface area contributed by atoms with Gasteiger partial charge in [0.2, 0.25) is 5.78 Å². The zero-order chi connectivity index (χ0) is 20.7. The Hall–Kier alpha value is -2.13. The summed E-state index contributed by atoms with van der Waals surface area (Å²) >= 11 is 0. The van der Waals surface area contributed by atoms with Crippen LogP contribution in [0.2, 0.25) is 0 Å². The fraction of sp³-hybridized carbons (Fsp3) is 0.778. The molecule has 0 radical (unpaired) electrons. The van der Waals surface area contributed by atoms with Gasteiger partial charge >= 0.3 is 24.1 Å². The lowest BCUT2D eigenvalue weighted by molar-refractivity contribution is -0.222. The number of halogens is 3. The molecule has 4 aliphatic carbocycles. The largest absolute Gasteiger partial charge is 0.476 e. The second-order valence-corrected chi connectivity index (χ2v) is 8.32. The summed E-state index contributed by atoms with van der Waals surface area (Å²) in [5.74, 6) is -4.28. The number of carboxylic acids is 1. The van der Waals surface area contributed by atoms with E-state index in [0.717, 1.165) is 6.42 Å². The summed E-state index contributed by atoms with van der Waals surface area (Å²) in [5.41, 5.74) is -2.06. The molecule has 4 rings (SSSR count). The zero-order valence-corrected chi connectivity index (χ0v) is 15.0. The van der Waals surface area contributed by atoms with Gasteiger partial charge in [-0.05, 0) is 43.9 Å². The molecule has 0 aromatic carbocycles. The number of rotatable bonds is 7. The Labute approximate surface area is 158 Å². The first-order valence-electron chi connectivity index (χ1n) is 9.14. The number of aliphatic carboxylic acids is 1. The van der Waals surface area contributed by atoms with Gasteiger partial charge in [-0.3, -0.25) is 14.4 Å². The van der Waals surface area contributed by atoms with Gasteiger partial charge in [0.15, 0.2) is 6.61 Å². The van der Waals surface area contributed by atoms with Gasteiger partial charge < -0.3 is 14.6 Å². The number of carbonyl (C=O) groups excluding carboxylic acids is 3. The van der Waals surface area contributed by atoms with E-state index in [1.807, 2.05) is 0 Å². The van der Waals surface area contributed by atoms with Crippen molar-refractivity contribution in [2.45, 2.75) is 63.1 Å². The molecule has 156 valence electrons. The van der Waals surface area contributed by atoms with E-state index in [1.165, 1.54) is 0 Å². The van der Waals surface area contributed by atoms with Crippen LogP contribution in [0.3, 0.4) is 0 Å². The standard InChI is InChI=1S/C18H21F3O7/c19-18(20,21)9-27-15(26)16-4-10-3-11(5-16)7-17(6-10,8-16)28-13(23)2-1-12(22)14(24)25/h10-11H,1-9H2,(H,24,25). The topological polar surface area (TPSA) is 107 Å². The van der Waals surface area contributed by atoms with Gasteiger partial charge in [-0.2, -0.15) is 13.2 Å². The summed E-state index contributed by atoms with van der Waals surface area (Å²) in [6.07, 6.45) is -2.73. The van der Waals surface area contributed by atoms with Crippen molar-refractivity contribution < 1.29 is 46.9 Å². The molecule has 0 heterocycles. The molecule has 4 aliphatic rings. The maximum absolute atomic E-state index is 12.5. The van der Waals surface area contributed by atoms with Crippen LogP contribution in [0, 0.1) is 17.3 Å². The molecular formula is C18H21F3O7. The molecule has 0 aromatic rings. The molecule has 10 heteroatoms. The van der Waals surface area contributed by atoms with Gasteiger partial charge in [0.05, 0.1) is 11.8 Å². The lowest BCUT2D eigenvalue weighted by Gasteiger charge is -2.59. The fourth-order valence-corrected chi connectivity index (χ4v) is 5.45. The van der Waals surface area contributed by atoms with E-state index in [1.54, 1.807) is 0 Å². The number of carboxylic acid groups (broad SMARTS) is 1.